The third kappa shape index (κ3) is 4.14. The van der Waals surface area contributed by atoms with Gasteiger partial charge in [-0.3, -0.25) is 9.69 Å². The predicted molar refractivity (Wildman–Crippen MR) is 120 cm³/mol. The number of aromatic amines is 1. The SMILES string of the molecule is COc1ccc2[nH]c(=O)c([C@H](c3nnnn3C[C@H]3CCCO3)N3CCC(C)CC3)cc2c1. The fourth-order valence-electron chi connectivity index (χ4n) is 4.84. The lowest BCUT2D eigenvalue weighted by molar-refractivity contribution is 0.0894. The Morgan fingerprint density at radius 2 is 2.09 bits per heavy atom. The number of rotatable bonds is 6. The van der Waals surface area contributed by atoms with E-state index in [0.717, 1.165) is 62.0 Å². The number of pyridine rings is 1. The summed E-state index contributed by atoms with van der Waals surface area (Å²) in [5.41, 5.74) is 1.33. The molecule has 0 saturated carbocycles. The van der Waals surface area contributed by atoms with Crippen LogP contribution in [0.4, 0.5) is 0 Å². The van der Waals surface area contributed by atoms with E-state index < -0.39 is 0 Å². The number of nitrogens with one attached hydrogen (secondary N) is 1. The number of piperidine rings is 1. The Labute approximate surface area is 186 Å². The molecule has 1 N–H and O–H groups in total. The minimum Gasteiger partial charge on any atom is -0.497 e. The molecule has 2 aromatic heterocycles. The Balaban J connectivity index is 1.59. The Hall–Kier alpha value is -2.78. The lowest BCUT2D eigenvalue weighted by atomic mass is 9.95. The first-order chi connectivity index (χ1) is 15.6. The lowest BCUT2D eigenvalue weighted by Crippen LogP contribution is -2.40. The standard InChI is InChI=1S/C23H30N6O3/c1-15-7-9-28(10-8-15)21(22-25-26-27-29(22)14-18-4-3-11-32-18)19-13-16-12-17(31-2)5-6-20(16)24-23(19)30/h5-6,12-13,15,18,21H,3-4,7-11,14H2,1-2H3,(H,24,30)/t18-,21-/m1/s1. The maximum Gasteiger partial charge on any atom is 0.253 e. The van der Waals surface area contributed by atoms with Crippen molar-refractivity contribution in [3.05, 3.63) is 46.0 Å². The number of nitrogens with zero attached hydrogens (tertiary/aromatic N) is 5. The molecular weight excluding hydrogens is 408 g/mol. The van der Waals surface area contributed by atoms with E-state index in [9.17, 15) is 4.79 Å². The molecule has 4 heterocycles. The van der Waals surface area contributed by atoms with Crippen molar-refractivity contribution in [3.8, 4) is 5.75 Å². The summed E-state index contributed by atoms with van der Waals surface area (Å²) >= 11 is 0. The second-order valence-corrected chi connectivity index (χ2v) is 8.98. The van der Waals surface area contributed by atoms with Gasteiger partial charge in [0, 0.05) is 23.1 Å². The summed E-state index contributed by atoms with van der Waals surface area (Å²) in [6.07, 6.45) is 4.34. The molecule has 2 atom stereocenters. The van der Waals surface area contributed by atoms with Gasteiger partial charge in [-0.15, -0.1) is 5.10 Å². The van der Waals surface area contributed by atoms with Crippen molar-refractivity contribution in [1.82, 2.24) is 30.1 Å². The van der Waals surface area contributed by atoms with Crippen LogP contribution in [0.3, 0.4) is 0 Å². The zero-order chi connectivity index (χ0) is 22.1. The average Bonchev–Trinajstić information content (AvgIpc) is 3.48. The molecule has 32 heavy (non-hydrogen) atoms. The zero-order valence-electron chi connectivity index (χ0n) is 18.7. The third-order valence-electron chi connectivity index (χ3n) is 6.76. The van der Waals surface area contributed by atoms with E-state index in [-0.39, 0.29) is 17.7 Å². The van der Waals surface area contributed by atoms with Gasteiger partial charge < -0.3 is 14.5 Å². The molecule has 0 radical (unpaired) electrons. The first-order valence-electron chi connectivity index (χ1n) is 11.4. The number of benzene rings is 1. The van der Waals surface area contributed by atoms with E-state index in [4.69, 9.17) is 9.47 Å². The van der Waals surface area contributed by atoms with E-state index in [0.29, 0.717) is 23.9 Å². The molecule has 0 spiro atoms. The van der Waals surface area contributed by atoms with E-state index >= 15 is 0 Å². The largest absolute Gasteiger partial charge is 0.497 e. The van der Waals surface area contributed by atoms with Gasteiger partial charge in [0.25, 0.3) is 5.56 Å². The van der Waals surface area contributed by atoms with Crippen LogP contribution < -0.4 is 10.3 Å². The molecular formula is C23H30N6O3. The number of hydrogen-bond acceptors (Lipinski definition) is 7. The Kier molecular flexibility index (Phi) is 5.93. The molecule has 1 aromatic carbocycles. The summed E-state index contributed by atoms with van der Waals surface area (Å²) < 4.78 is 13.0. The minimum absolute atomic E-state index is 0.110. The van der Waals surface area contributed by atoms with E-state index in [1.807, 2.05) is 28.9 Å². The summed E-state index contributed by atoms with van der Waals surface area (Å²) in [6.45, 7) is 5.45. The number of methoxy groups -OCH3 is 1. The summed E-state index contributed by atoms with van der Waals surface area (Å²) in [4.78, 5) is 18.7. The van der Waals surface area contributed by atoms with Crippen LogP contribution in [0.15, 0.2) is 29.1 Å². The van der Waals surface area contributed by atoms with Gasteiger partial charge in [0.05, 0.1) is 19.8 Å². The normalized spacial score (nSPS) is 21.2. The summed E-state index contributed by atoms with van der Waals surface area (Å²) in [5.74, 6) is 2.12. The number of fused-ring (bicyclic) bond motifs is 1. The predicted octanol–water partition coefficient (Wildman–Crippen LogP) is 2.52. The highest BCUT2D eigenvalue weighted by atomic mass is 16.5. The molecule has 0 aliphatic carbocycles. The molecule has 0 amide bonds. The molecule has 2 aliphatic heterocycles. The molecule has 0 bridgehead atoms. The minimum atomic E-state index is -0.321. The van der Waals surface area contributed by atoms with Crippen molar-refractivity contribution in [2.24, 2.45) is 5.92 Å². The van der Waals surface area contributed by atoms with Crippen LogP contribution in [0.2, 0.25) is 0 Å². The quantitative estimate of drug-likeness (QED) is 0.631. The highest BCUT2D eigenvalue weighted by Crippen LogP contribution is 2.31. The zero-order valence-corrected chi connectivity index (χ0v) is 18.7. The van der Waals surface area contributed by atoms with Crippen molar-refractivity contribution in [2.45, 2.75) is 51.3 Å². The number of ether oxygens (including phenoxy) is 2. The van der Waals surface area contributed by atoms with Crippen molar-refractivity contribution in [3.63, 3.8) is 0 Å². The van der Waals surface area contributed by atoms with Gasteiger partial charge in [0.15, 0.2) is 5.82 Å². The molecule has 9 heteroatoms. The van der Waals surface area contributed by atoms with E-state index in [1.54, 1.807) is 7.11 Å². The molecule has 2 fully saturated rings. The molecule has 2 saturated heterocycles. The number of aromatic nitrogens is 5. The van der Waals surface area contributed by atoms with Crippen molar-refractivity contribution < 1.29 is 9.47 Å². The average molecular weight is 439 g/mol. The summed E-state index contributed by atoms with van der Waals surface area (Å²) in [6, 6.07) is 7.31. The number of tetrazole rings is 1. The maximum absolute atomic E-state index is 13.3. The van der Waals surface area contributed by atoms with E-state index in [2.05, 4.69) is 32.3 Å². The van der Waals surface area contributed by atoms with Gasteiger partial charge in [0.1, 0.15) is 11.8 Å². The van der Waals surface area contributed by atoms with Gasteiger partial charge in [-0.05, 0) is 79.4 Å². The molecule has 3 aromatic rings. The van der Waals surface area contributed by atoms with Gasteiger partial charge >= 0.3 is 0 Å². The molecule has 5 rings (SSSR count). The fraction of sp³-hybridized carbons (Fsp3) is 0.565. The van der Waals surface area contributed by atoms with Crippen molar-refractivity contribution in [1.29, 1.82) is 0 Å². The Morgan fingerprint density at radius 3 is 2.84 bits per heavy atom. The second kappa shape index (κ2) is 8.99. The molecule has 0 unspecified atom stereocenters. The first-order valence-corrected chi connectivity index (χ1v) is 11.4. The van der Waals surface area contributed by atoms with Crippen molar-refractivity contribution >= 4 is 10.9 Å². The van der Waals surface area contributed by atoms with Crippen LogP contribution in [-0.2, 0) is 11.3 Å². The topological polar surface area (TPSA) is 98.2 Å². The number of likely N-dealkylation sites (tertiary alicyclic amines) is 1. The summed E-state index contributed by atoms with van der Waals surface area (Å²) in [5, 5.41) is 13.6. The Morgan fingerprint density at radius 1 is 1.25 bits per heavy atom. The van der Waals surface area contributed by atoms with Crippen LogP contribution >= 0.6 is 0 Å². The smallest absolute Gasteiger partial charge is 0.253 e. The van der Waals surface area contributed by atoms with Gasteiger partial charge in [-0.25, -0.2) is 4.68 Å². The highest BCUT2D eigenvalue weighted by molar-refractivity contribution is 5.80. The third-order valence-corrected chi connectivity index (χ3v) is 6.76. The summed E-state index contributed by atoms with van der Waals surface area (Å²) in [7, 11) is 1.64. The maximum atomic E-state index is 13.3. The molecule has 170 valence electrons. The highest BCUT2D eigenvalue weighted by Gasteiger charge is 2.33. The van der Waals surface area contributed by atoms with Crippen LogP contribution in [0.5, 0.6) is 5.75 Å². The van der Waals surface area contributed by atoms with Gasteiger partial charge in [0.2, 0.25) is 0 Å². The second-order valence-electron chi connectivity index (χ2n) is 8.98. The molecule has 2 aliphatic rings. The van der Waals surface area contributed by atoms with Crippen LogP contribution in [-0.4, -0.2) is 63.0 Å². The fourth-order valence-corrected chi connectivity index (χ4v) is 4.84. The Bertz CT molecular complexity index is 1130. The van der Waals surface area contributed by atoms with Gasteiger partial charge in [-0.2, -0.15) is 0 Å². The van der Waals surface area contributed by atoms with Crippen molar-refractivity contribution in [2.75, 3.05) is 26.8 Å². The van der Waals surface area contributed by atoms with Crippen LogP contribution in [0.25, 0.3) is 10.9 Å². The van der Waals surface area contributed by atoms with E-state index in [1.165, 1.54) is 0 Å². The monoisotopic (exact) mass is 438 g/mol. The van der Waals surface area contributed by atoms with Crippen LogP contribution in [0, 0.1) is 5.92 Å². The number of hydrogen-bond donors (Lipinski definition) is 1. The number of H-pyrrole nitrogens is 1. The van der Waals surface area contributed by atoms with Gasteiger partial charge in [-0.1, -0.05) is 6.92 Å². The lowest BCUT2D eigenvalue weighted by Gasteiger charge is -2.36. The first kappa shape index (κ1) is 21.1. The van der Waals surface area contributed by atoms with Crippen LogP contribution in [0.1, 0.15) is 50.0 Å². The molecule has 9 nitrogen and oxygen atoms in total.